The summed E-state index contributed by atoms with van der Waals surface area (Å²) in [4.78, 5) is 11.7. The number of aliphatic hydroxyl groups excluding tert-OH is 1. The van der Waals surface area contributed by atoms with Gasteiger partial charge in [-0.25, -0.2) is 9.48 Å². The summed E-state index contributed by atoms with van der Waals surface area (Å²) in [6.07, 6.45) is 4.47. The molecule has 10 heteroatoms. The first-order chi connectivity index (χ1) is 14.6. The summed E-state index contributed by atoms with van der Waals surface area (Å²) in [7, 11) is 0. The lowest BCUT2D eigenvalue weighted by molar-refractivity contribution is 0.0535. The van der Waals surface area contributed by atoms with Crippen LogP contribution in [0.5, 0.6) is 0 Å². The Morgan fingerprint density at radius 2 is 2.20 bits per heavy atom. The van der Waals surface area contributed by atoms with Crippen molar-refractivity contribution in [2.45, 2.75) is 26.2 Å². The molecule has 0 amide bonds. The van der Waals surface area contributed by atoms with Gasteiger partial charge in [0.2, 0.25) is 0 Å². The molecule has 1 aliphatic heterocycles. The van der Waals surface area contributed by atoms with Crippen LogP contribution < -0.4 is 5.32 Å². The van der Waals surface area contributed by atoms with E-state index in [-0.39, 0.29) is 12.6 Å². The molecule has 0 fully saturated rings. The second-order valence-electron chi connectivity index (χ2n) is 7.15. The molecule has 2 N–H and O–H groups in total. The average molecular weight is 405 g/mol. The molecular formula is C20H19N7O3. The van der Waals surface area contributed by atoms with Gasteiger partial charge in [-0.15, -0.1) is 15.3 Å². The second kappa shape index (κ2) is 7.32. The van der Waals surface area contributed by atoms with Gasteiger partial charge >= 0.3 is 5.97 Å². The summed E-state index contributed by atoms with van der Waals surface area (Å²) in [5.41, 5.74) is 4.76. The van der Waals surface area contributed by atoms with Crippen molar-refractivity contribution in [1.29, 1.82) is 0 Å². The maximum absolute atomic E-state index is 11.7. The summed E-state index contributed by atoms with van der Waals surface area (Å²) < 4.78 is 8.34. The fourth-order valence-corrected chi connectivity index (χ4v) is 3.61. The highest BCUT2D eigenvalue weighted by molar-refractivity contribution is 5.93. The number of fused-ring (bicyclic) bond motifs is 2. The minimum Gasteiger partial charge on any atom is -0.457 e. The number of carbonyl (C=O) groups is 1. The number of hydrogen-bond donors (Lipinski definition) is 2. The SMILES string of the molecule is Cc1c([C@@H](O)CNCc2cnn(-c3ccc4nncn4n3)c2)ccc2c1COC2=O. The van der Waals surface area contributed by atoms with Crippen LogP contribution in [0.15, 0.2) is 43.0 Å². The fourth-order valence-electron chi connectivity index (χ4n) is 3.61. The summed E-state index contributed by atoms with van der Waals surface area (Å²) in [5.74, 6) is 0.348. The second-order valence-corrected chi connectivity index (χ2v) is 7.15. The first-order valence-corrected chi connectivity index (χ1v) is 9.49. The standard InChI is InChI=1S/C20H19N7O3/c1-12-14(2-3-15-16(12)10-30-20(15)29)17(28)8-21-6-13-7-23-26(9-13)19-5-4-18-24-22-11-27(18)25-19/h2-5,7,9,11,17,21,28H,6,8,10H2,1H3/t17-/m0/s1. The molecule has 4 heterocycles. The zero-order chi connectivity index (χ0) is 20.7. The Kier molecular flexibility index (Phi) is 4.49. The average Bonchev–Trinajstić information content (AvgIpc) is 3.48. The summed E-state index contributed by atoms with van der Waals surface area (Å²) in [5, 5.41) is 30.4. The zero-order valence-electron chi connectivity index (χ0n) is 16.2. The summed E-state index contributed by atoms with van der Waals surface area (Å²) in [6, 6.07) is 7.16. The molecular weight excluding hydrogens is 386 g/mol. The first kappa shape index (κ1) is 18.4. The number of cyclic esters (lactones) is 1. The van der Waals surface area contributed by atoms with Crippen molar-refractivity contribution >= 4 is 11.6 Å². The van der Waals surface area contributed by atoms with E-state index in [2.05, 4.69) is 25.7 Å². The number of hydrogen-bond acceptors (Lipinski definition) is 8. The van der Waals surface area contributed by atoms with E-state index in [9.17, 15) is 9.90 Å². The number of ether oxygens (including phenoxy) is 1. The fraction of sp³-hybridized carbons (Fsp3) is 0.250. The molecule has 1 aromatic carbocycles. The van der Waals surface area contributed by atoms with E-state index in [4.69, 9.17) is 4.74 Å². The van der Waals surface area contributed by atoms with E-state index in [1.807, 2.05) is 25.3 Å². The molecule has 4 aromatic rings. The topological polar surface area (TPSA) is 119 Å². The lowest BCUT2D eigenvalue weighted by Crippen LogP contribution is -2.21. The predicted molar refractivity (Wildman–Crippen MR) is 105 cm³/mol. The third kappa shape index (κ3) is 3.21. The Morgan fingerprint density at radius 1 is 1.30 bits per heavy atom. The molecule has 30 heavy (non-hydrogen) atoms. The Balaban J connectivity index is 1.23. The molecule has 0 bridgehead atoms. The molecule has 0 saturated heterocycles. The molecule has 0 unspecified atom stereocenters. The molecule has 0 aliphatic carbocycles. The van der Waals surface area contributed by atoms with Gasteiger partial charge in [0.1, 0.15) is 12.9 Å². The Hall–Kier alpha value is -3.63. The van der Waals surface area contributed by atoms with Crippen LogP contribution in [0.3, 0.4) is 0 Å². The number of rotatable bonds is 6. The Bertz CT molecular complexity index is 1250. The maximum Gasteiger partial charge on any atom is 0.338 e. The molecule has 5 rings (SSSR count). The van der Waals surface area contributed by atoms with Crippen LogP contribution >= 0.6 is 0 Å². The van der Waals surface area contributed by atoms with Gasteiger partial charge in [-0.2, -0.15) is 9.61 Å². The van der Waals surface area contributed by atoms with E-state index in [1.165, 1.54) is 6.33 Å². The minimum absolute atomic E-state index is 0.266. The maximum atomic E-state index is 11.7. The van der Waals surface area contributed by atoms with Crippen LogP contribution in [0, 0.1) is 6.92 Å². The van der Waals surface area contributed by atoms with Crippen molar-refractivity contribution in [3.63, 3.8) is 0 Å². The van der Waals surface area contributed by atoms with Crippen molar-refractivity contribution in [1.82, 2.24) is 34.9 Å². The molecule has 0 spiro atoms. The Labute approximate surface area is 171 Å². The van der Waals surface area contributed by atoms with E-state index in [1.54, 1.807) is 27.5 Å². The summed E-state index contributed by atoms with van der Waals surface area (Å²) >= 11 is 0. The number of aliphatic hydroxyl groups is 1. The van der Waals surface area contributed by atoms with Gasteiger partial charge in [0, 0.05) is 30.4 Å². The molecule has 0 radical (unpaired) electrons. The number of nitrogens with one attached hydrogen (secondary N) is 1. The van der Waals surface area contributed by atoms with Crippen molar-refractivity contribution in [2.75, 3.05) is 6.54 Å². The third-order valence-electron chi connectivity index (χ3n) is 5.25. The van der Waals surface area contributed by atoms with Crippen molar-refractivity contribution in [3.05, 3.63) is 70.8 Å². The molecule has 152 valence electrons. The number of carbonyl (C=O) groups excluding carboxylic acids is 1. The van der Waals surface area contributed by atoms with Gasteiger partial charge < -0.3 is 15.2 Å². The predicted octanol–water partition coefficient (Wildman–Crippen LogP) is 1.11. The lowest BCUT2D eigenvalue weighted by atomic mass is 9.95. The van der Waals surface area contributed by atoms with Crippen LogP contribution in [-0.2, 0) is 17.9 Å². The van der Waals surface area contributed by atoms with E-state index < -0.39 is 6.10 Å². The third-order valence-corrected chi connectivity index (χ3v) is 5.25. The number of nitrogens with zero attached hydrogens (tertiary/aromatic N) is 6. The molecule has 10 nitrogen and oxygen atoms in total. The normalized spacial score (nSPS) is 14.1. The van der Waals surface area contributed by atoms with Gasteiger partial charge in [-0.05, 0) is 36.2 Å². The van der Waals surface area contributed by atoms with Gasteiger partial charge in [0.25, 0.3) is 0 Å². The lowest BCUT2D eigenvalue weighted by Gasteiger charge is -2.16. The van der Waals surface area contributed by atoms with Gasteiger partial charge in [-0.1, -0.05) is 6.07 Å². The summed E-state index contributed by atoms with van der Waals surface area (Å²) in [6.45, 7) is 3.08. The largest absolute Gasteiger partial charge is 0.457 e. The smallest absolute Gasteiger partial charge is 0.338 e. The monoisotopic (exact) mass is 405 g/mol. The van der Waals surface area contributed by atoms with E-state index >= 15 is 0 Å². The highest BCUT2D eigenvalue weighted by Gasteiger charge is 2.25. The Morgan fingerprint density at radius 3 is 3.10 bits per heavy atom. The van der Waals surface area contributed by atoms with E-state index in [0.29, 0.717) is 30.1 Å². The van der Waals surface area contributed by atoms with Crippen molar-refractivity contribution in [2.24, 2.45) is 0 Å². The molecule has 1 aliphatic rings. The molecule has 0 saturated carbocycles. The van der Waals surface area contributed by atoms with E-state index in [0.717, 1.165) is 22.3 Å². The van der Waals surface area contributed by atoms with Gasteiger partial charge in [-0.3, -0.25) is 0 Å². The highest BCUT2D eigenvalue weighted by Crippen LogP contribution is 2.28. The molecule has 3 aromatic heterocycles. The number of esters is 1. The quantitative estimate of drug-likeness (QED) is 0.458. The van der Waals surface area contributed by atoms with Crippen molar-refractivity contribution in [3.8, 4) is 5.82 Å². The zero-order valence-corrected chi connectivity index (χ0v) is 16.2. The van der Waals surface area contributed by atoms with Crippen LogP contribution in [0.1, 0.15) is 38.7 Å². The number of aromatic nitrogens is 6. The van der Waals surface area contributed by atoms with Crippen LogP contribution in [-0.4, -0.2) is 47.2 Å². The number of benzene rings is 1. The van der Waals surface area contributed by atoms with Crippen LogP contribution in [0.25, 0.3) is 11.5 Å². The van der Waals surface area contributed by atoms with Crippen molar-refractivity contribution < 1.29 is 14.6 Å². The van der Waals surface area contributed by atoms with Crippen LogP contribution in [0.4, 0.5) is 0 Å². The molecule has 1 atom stereocenters. The minimum atomic E-state index is -0.695. The van der Waals surface area contributed by atoms with Crippen LogP contribution in [0.2, 0.25) is 0 Å². The van der Waals surface area contributed by atoms with Gasteiger partial charge in [0.05, 0.1) is 17.9 Å². The first-order valence-electron chi connectivity index (χ1n) is 9.49. The van der Waals surface area contributed by atoms with Gasteiger partial charge in [0.15, 0.2) is 11.5 Å². The highest BCUT2D eigenvalue weighted by atomic mass is 16.5.